The molecule has 0 saturated heterocycles. The van der Waals surface area contributed by atoms with Crippen LogP contribution in [0.2, 0.25) is 0 Å². The highest BCUT2D eigenvalue weighted by Gasteiger charge is 2.42. The summed E-state index contributed by atoms with van der Waals surface area (Å²) in [6.07, 6.45) is -10.3. The molecule has 26 heavy (non-hydrogen) atoms. The fraction of sp³-hybridized carbons (Fsp3) is 0.294. The Morgan fingerprint density at radius 2 is 1.58 bits per heavy atom. The van der Waals surface area contributed by atoms with Gasteiger partial charge in [-0.05, 0) is 24.1 Å². The third-order valence-electron chi connectivity index (χ3n) is 4.12. The van der Waals surface area contributed by atoms with Crippen molar-refractivity contribution in [3.63, 3.8) is 0 Å². The van der Waals surface area contributed by atoms with Crippen LogP contribution in [0, 0.1) is 0 Å². The number of benzene rings is 2. The summed E-state index contributed by atoms with van der Waals surface area (Å²) in [5.41, 5.74) is 3.49. The lowest BCUT2D eigenvalue weighted by Crippen LogP contribution is -2.44. The maximum absolute atomic E-state index is 13.2. The summed E-state index contributed by atoms with van der Waals surface area (Å²) < 4.78 is 78.4. The Labute approximate surface area is 145 Å². The highest BCUT2D eigenvalue weighted by Crippen LogP contribution is 2.45. The lowest BCUT2D eigenvalue weighted by atomic mass is 10.0. The van der Waals surface area contributed by atoms with Gasteiger partial charge >= 0.3 is 12.4 Å². The van der Waals surface area contributed by atoms with Gasteiger partial charge in [0.15, 0.2) is 0 Å². The molecule has 4 N–H and O–H groups in total. The van der Waals surface area contributed by atoms with Crippen LogP contribution in [0.4, 0.5) is 37.7 Å². The number of hydrogen-bond acceptors (Lipinski definition) is 3. The van der Waals surface area contributed by atoms with Gasteiger partial charge in [-0.3, -0.25) is 0 Å². The molecule has 0 radical (unpaired) electrons. The lowest BCUT2D eigenvalue weighted by molar-refractivity contribution is -0.142. The summed E-state index contributed by atoms with van der Waals surface area (Å²) in [6.45, 7) is 0. The van der Waals surface area contributed by atoms with Gasteiger partial charge in [-0.25, -0.2) is 0 Å². The second-order valence-corrected chi connectivity index (χ2v) is 6.06. The zero-order chi connectivity index (χ0) is 19.1. The molecule has 0 aliphatic carbocycles. The highest BCUT2D eigenvalue weighted by atomic mass is 19.4. The molecule has 1 aliphatic heterocycles. The van der Waals surface area contributed by atoms with Crippen molar-refractivity contribution in [3.8, 4) is 0 Å². The van der Waals surface area contributed by atoms with Crippen molar-refractivity contribution in [3.05, 3.63) is 59.2 Å². The first-order chi connectivity index (χ1) is 12.1. The van der Waals surface area contributed by atoms with Crippen LogP contribution >= 0.6 is 0 Å². The van der Waals surface area contributed by atoms with Gasteiger partial charge in [-0.2, -0.15) is 26.3 Å². The predicted octanol–water partition coefficient (Wildman–Crippen LogP) is 4.46. The van der Waals surface area contributed by atoms with E-state index in [0.29, 0.717) is 12.5 Å². The lowest BCUT2D eigenvalue weighted by Gasteiger charge is -2.21. The third kappa shape index (κ3) is 3.72. The summed E-state index contributed by atoms with van der Waals surface area (Å²) >= 11 is 0. The molecule has 140 valence electrons. The van der Waals surface area contributed by atoms with E-state index in [0.717, 1.165) is 5.56 Å². The molecule has 1 heterocycles. The molecule has 0 saturated carbocycles. The van der Waals surface area contributed by atoms with Gasteiger partial charge < -0.3 is 16.4 Å². The van der Waals surface area contributed by atoms with Crippen LogP contribution in [0.3, 0.4) is 0 Å². The quantitative estimate of drug-likeness (QED) is 0.695. The summed E-state index contributed by atoms with van der Waals surface area (Å²) in [6, 6.07) is 9.14. The van der Waals surface area contributed by atoms with Crippen molar-refractivity contribution in [2.24, 2.45) is 5.73 Å². The van der Waals surface area contributed by atoms with E-state index in [1.165, 1.54) is 0 Å². The Morgan fingerprint density at radius 1 is 0.923 bits per heavy atom. The van der Waals surface area contributed by atoms with E-state index in [9.17, 15) is 26.3 Å². The highest BCUT2D eigenvalue weighted by molar-refractivity contribution is 5.79. The molecular formula is C17H15F6N3. The van der Waals surface area contributed by atoms with Gasteiger partial charge in [-0.15, -0.1) is 0 Å². The number of nitrogens with one attached hydrogen (secondary N) is 2. The Balaban J connectivity index is 1.89. The minimum Gasteiger partial charge on any atom is -0.362 e. The Kier molecular flexibility index (Phi) is 4.51. The van der Waals surface area contributed by atoms with Crippen molar-refractivity contribution < 1.29 is 26.3 Å². The van der Waals surface area contributed by atoms with Gasteiger partial charge in [0.05, 0.1) is 22.5 Å². The van der Waals surface area contributed by atoms with Crippen molar-refractivity contribution in [2.45, 2.75) is 31.0 Å². The van der Waals surface area contributed by atoms with Gasteiger partial charge in [0, 0.05) is 6.04 Å². The Bertz CT molecular complexity index is 786. The molecule has 3 rings (SSSR count). The number of nitrogens with two attached hydrogens (primary N) is 1. The second kappa shape index (κ2) is 6.39. The molecule has 2 aromatic carbocycles. The van der Waals surface area contributed by atoms with Crippen molar-refractivity contribution in [1.29, 1.82) is 0 Å². The van der Waals surface area contributed by atoms with Crippen LogP contribution in [-0.2, 0) is 18.8 Å². The zero-order valence-electron chi connectivity index (χ0n) is 13.2. The van der Waals surface area contributed by atoms with Crippen LogP contribution in [0.15, 0.2) is 42.5 Å². The van der Waals surface area contributed by atoms with E-state index in [2.05, 4.69) is 10.6 Å². The average molecular weight is 375 g/mol. The number of alkyl halides is 6. The van der Waals surface area contributed by atoms with E-state index in [4.69, 9.17) is 5.73 Å². The summed E-state index contributed by atoms with van der Waals surface area (Å²) in [5.74, 6) is 0. The average Bonchev–Trinajstić information content (AvgIpc) is 2.97. The van der Waals surface area contributed by atoms with Crippen LogP contribution in [0.1, 0.15) is 16.7 Å². The van der Waals surface area contributed by atoms with Gasteiger partial charge in [0.1, 0.15) is 6.17 Å². The van der Waals surface area contributed by atoms with Gasteiger partial charge in [0.25, 0.3) is 0 Å². The molecule has 0 fully saturated rings. The number of halogens is 6. The molecule has 9 heteroatoms. The number of anilines is 2. The molecular weight excluding hydrogens is 360 g/mol. The SMILES string of the molecule is N[C@@H](Cc1ccccc1)C1Nc2cc(C(F)(F)F)cc(C(F)(F)F)c2N1. The van der Waals surface area contributed by atoms with E-state index in [1.54, 1.807) is 12.1 Å². The largest absolute Gasteiger partial charge is 0.418 e. The normalized spacial score (nSPS) is 18.0. The van der Waals surface area contributed by atoms with Gasteiger partial charge in [0.2, 0.25) is 0 Å². The first kappa shape index (κ1) is 18.4. The van der Waals surface area contributed by atoms with Crippen molar-refractivity contribution >= 4 is 11.4 Å². The second-order valence-electron chi connectivity index (χ2n) is 6.06. The minimum absolute atomic E-state index is 0.110. The van der Waals surface area contributed by atoms with Crippen LogP contribution in [0.5, 0.6) is 0 Å². The maximum atomic E-state index is 13.2. The Hall–Kier alpha value is -2.42. The molecule has 0 amide bonds. The molecule has 0 spiro atoms. The third-order valence-corrected chi connectivity index (χ3v) is 4.12. The number of hydrogen-bond donors (Lipinski definition) is 3. The standard InChI is InChI=1S/C17H15F6N3/c18-16(19,20)10-7-11(17(21,22)23)14-13(8-10)25-15(26-14)12(24)6-9-4-2-1-3-5-9/h1-5,7-8,12,15,25-26H,6,24H2/t12-,15?/m0/s1. The number of rotatable bonds is 3. The molecule has 0 aromatic heterocycles. The first-order valence-electron chi connectivity index (χ1n) is 7.71. The smallest absolute Gasteiger partial charge is 0.362 e. The number of fused-ring (bicyclic) bond motifs is 1. The molecule has 2 atom stereocenters. The Morgan fingerprint density at radius 3 is 2.15 bits per heavy atom. The minimum atomic E-state index is -4.93. The van der Waals surface area contributed by atoms with E-state index < -0.39 is 41.4 Å². The molecule has 2 aromatic rings. The fourth-order valence-corrected chi connectivity index (χ4v) is 2.88. The zero-order valence-corrected chi connectivity index (χ0v) is 13.2. The van der Waals surface area contributed by atoms with Crippen molar-refractivity contribution in [2.75, 3.05) is 10.6 Å². The molecule has 3 nitrogen and oxygen atoms in total. The van der Waals surface area contributed by atoms with Crippen LogP contribution in [-0.4, -0.2) is 12.2 Å². The molecule has 0 bridgehead atoms. The maximum Gasteiger partial charge on any atom is 0.418 e. The molecule has 1 unspecified atom stereocenters. The topological polar surface area (TPSA) is 50.1 Å². The van der Waals surface area contributed by atoms with Crippen molar-refractivity contribution in [1.82, 2.24) is 0 Å². The van der Waals surface area contributed by atoms with E-state index in [-0.39, 0.29) is 11.8 Å². The monoisotopic (exact) mass is 375 g/mol. The summed E-state index contributed by atoms with van der Waals surface area (Å²) in [7, 11) is 0. The summed E-state index contributed by atoms with van der Waals surface area (Å²) in [5, 5.41) is 5.23. The fourth-order valence-electron chi connectivity index (χ4n) is 2.88. The van der Waals surface area contributed by atoms with Gasteiger partial charge in [-0.1, -0.05) is 30.3 Å². The predicted molar refractivity (Wildman–Crippen MR) is 85.6 cm³/mol. The first-order valence-corrected chi connectivity index (χ1v) is 7.71. The van der Waals surface area contributed by atoms with E-state index in [1.807, 2.05) is 18.2 Å². The van der Waals surface area contributed by atoms with Crippen LogP contribution < -0.4 is 16.4 Å². The van der Waals surface area contributed by atoms with E-state index >= 15 is 0 Å². The molecule has 1 aliphatic rings. The van der Waals surface area contributed by atoms with Crippen LogP contribution in [0.25, 0.3) is 0 Å². The summed E-state index contributed by atoms with van der Waals surface area (Å²) in [4.78, 5) is 0.